The summed E-state index contributed by atoms with van der Waals surface area (Å²) in [5, 5.41) is 10.7. The Bertz CT molecular complexity index is 705. The van der Waals surface area contributed by atoms with Crippen molar-refractivity contribution in [3.8, 4) is 0 Å². The van der Waals surface area contributed by atoms with Crippen LogP contribution < -0.4 is 5.32 Å². The first-order valence-electron chi connectivity index (χ1n) is 7.81. The number of halogens is 1. The number of ether oxygens (including phenoxy) is 1. The third-order valence-electron chi connectivity index (χ3n) is 3.99. The number of amides is 1. The molecule has 0 aliphatic carbocycles. The molecule has 0 radical (unpaired) electrons. The summed E-state index contributed by atoms with van der Waals surface area (Å²) in [5.41, 5.74) is 0.477. The molecule has 1 aliphatic rings. The van der Waals surface area contributed by atoms with Crippen LogP contribution in [0.4, 0.5) is 4.39 Å². The molecule has 7 nitrogen and oxygen atoms in total. The van der Waals surface area contributed by atoms with Gasteiger partial charge in [-0.2, -0.15) is 0 Å². The van der Waals surface area contributed by atoms with Crippen molar-refractivity contribution in [1.29, 1.82) is 0 Å². The SMILES string of the molecule is Cn1cnnc1C1CN(CC(=O)NCc2ccccc2F)CCO1. The standard InChI is InChI=1S/C16H20FN5O2/c1-21-11-19-20-16(21)14-9-22(6-7-24-14)10-15(23)18-8-12-4-2-3-5-13(12)17/h2-5,11,14H,6-10H2,1H3,(H,18,23). The zero-order chi connectivity index (χ0) is 16.9. The first-order chi connectivity index (χ1) is 11.6. The Balaban J connectivity index is 1.51. The van der Waals surface area contributed by atoms with Crippen molar-refractivity contribution >= 4 is 5.91 Å². The highest BCUT2D eigenvalue weighted by Crippen LogP contribution is 2.19. The Kier molecular flexibility index (Phi) is 5.17. The second-order valence-electron chi connectivity index (χ2n) is 5.76. The smallest absolute Gasteiger partial charge is 0.234 e. The molecule has 2 aromatic rings. The number of rotatable bonds is 5. The van der Waals surface area contributed by atoms with Gasteiger partial charge < -0.3 is 14.6 Å². The summed E-state index contributed by atoms with van der Waals surface area (Å²) in [6, 6.07) is 6.42. The van der Waals surface area contributed by atoms with Gasteiger partial charge in [-0.15, -0.1) is 10.2 Å². The fourth-order valence-corrected chi connectivity index (χ4v) is 2.68. The van der Waals surface area contributed by atoms with Gasteiger partial charge in [-0.05, 0) is 6.07 Å². The zero-order valence-corrected chi connectivity index (χ0v) is 13.5. The molecule has 24 heavy (non-hydrogen) atoms. The average Bonchev–Trinajstić information content (AvgIpc) is 3.00. The Hall–Kier alpha value is -2.32. The lowest BCUT2D eigenvalue weighted by molar-refractivity contribution is -0.124. The van der Waals surface area contributed by atoms with Crippen LogP contribution in [0.1, 0.15) is 17.5 Å². The van der Waals surface area contributed by atoms with Crippen molar-refractivity contribution < 1.29 is 13.9 Å². The molecule has 1 N–H and O–H groups in total. The van der Waals surface area contributed by atoms with E-state index in [1.165, 1.54) is 6.07 Å². The maximum Gasteiger partial charge on any atom is 0.234 e. The lowest BCUT2D eigenvalue weighted by Gasteiger charge is -2.31. The number of nitrogens with one attached hydrogen (secondary N) is 1. The molecule has 0 saturated carbocycles. The van der Waals surface area contributed by atoms with E-state index in [0.717, 1.165) is 5.82 Å². The van der Waals surface area contributed by atoms with Crippen LogP contribution in [-0.2, 0) is 23.1 Å². The molecule has 1 aromatic heterocycles. The number of hydrogen-bond acceptors (Lipinski definition) is 5. The van der Waals surface area contributed by atoms with Gasteiger partial charge in [0.05, 0.1) is 13.2 Å². The average molecular weight is 333 g/mol. The van der Waals surface area contributed by atoms with E-state index in [1.807, 2.05) is 16.5 Å². The Morgan fingerprint density at radius 2 is 2.29 bits per heavy atom. The van der Waals surface area contributed by atoms with Crippen LogP contribution in [0.25, 0.3) is 0 Å². The minimum atomic E-state index is -0.313. The highest BCUT2D eigenvalue weighted by molar-refractivity contribution is 5.78. The maximum absolute atomic E-state index is 13.6. The molecule has 1 saturated heterocycles. The molecule has 1 fully saturated rings. The predicted octanol–water partition coefficient (Wildman–Crippen LogP) is 0.644. The Morgan fingerprint density at radius 1 is 1.46 bits per heavy atom. The molecule has 1 aromatic carbocycles. The van der Waals surface area contributed by atoms with Crippen molar-refractivity contribution in [1.82, 2.24) is 25.0 Å². The van der Waals surface area contributed by atoms with Crippen molar-refractivity contribution in [2.75, 3.05) is 26.2 Å². The van der Waals surface area contributed by atoms with Crippen molar-refractivity contribution in [3.05, 3.63) is 47.8 Å². The summed E-state index contributed by atoms with van der Waals surface area (Å²) in [4.78, 5) is 14.1. The zero-order valence-electron chi connectivity index (χ0n) is 13.5. The summed E-state index contributed by atoms with van der Waals surface area (Å²) in [6.45, 7) is 2.19. The monoisotopic (exact) mass is 333 g/mol. The van der Waals surface area contributed by atoms with E-state index in [2.05, 4.69) is 15.5 Å². The molecule has 0 spiro atoms. The number of benzene rings is 1. The van der Waals surface area contributed by atoms with E-state index >= 15 is 0 Å². The number of nitrogens with zero attached hydrogens (tertiary/aromatic N) is 4. The van der Waals surface area contributed by atoms with E-state index in [0.29, 0.717) is 25.3 Å². The molecule has 8 heteroatoms. The van der Waals surface area contributed by atoms with Crippen LogP contribution >= 0.6 is 0 Å². The third kappa shape index (κ3) is 3.95. The van der Waals surface area contributed by atoms with E-state index in [-0.39, 0.29) is 30.9 Å². The van der Waals surface area contributed by atoms with Crippen LogP contribution in [0.15, 0.2) is 30.6 Å². The normalized spacial score (nSPS) is 18.5. The van der Waals surface area contributed by atoms with Crippen molar-refractivity contribution in [2.45, 2.75) is 12.6 Å². The number of aromatic nitrogens is 3. The first kappa shape index (κ1) is 16.5. The molecule has 3 rings (SSSR count). The summed E-state index contributed by atoms with van der Waals surface area (Å²) in [6.07, 6.45) is 1.42. The highest BCUT2D eigenvalue weighted by atomic mass is 19.1. The molecule has 1 amide bonds. The van der Waals surface area contributed by atoms with Crippen LogP contribution in [-0.4, -0.2) is 51.8 Å². The molecule has 0 bridgehead atoms. The lowest BCUT2D eigenvalue weighted by atomic mass is 10.2. The van der Waals surface area contributed by atoms with Gasteiger partial charge in [-0.1, -0.05) is 18.2 Å². The van der Waals surface area contributed by atoms with Crippen molar-refractivity contribution in [2.24, 2.45) is 7.05 Å². The van der Waals surface area contributed by atoms with Gasteiger partial charge in [0.25, 0.3) is 0 Å². The summed E-state index contributed by atoms with van der Waals surface area (Å²) >= 11 is 0. The number of hydrogen-bond donors (Lipinski definition) is 1. The van der Waals surface area contributed by atoms with Gasteiger partial charge in [0.1, 0.15) is 18.2 Å². The molecule has 1 atom stereocenters. The third-order valence-corrected chi connectivity index (χ3v) is 3.99. The molecular weight excluding hydrogens is 313 g/mol. The van der Waals surface area contributed by atoms with E-state index < -0.39 is 0 Å². The fourth-order valence-electron chi connectivity index (χ4n) is 2.68. The minimum Gasteiger partial charge on any atom is -0.368 e. The Morgan fingerprint density at radius 3 is 3.04 bits per heavy atom. The predicted molar refractivity (Wildman–Crippen MR) is 84.4 cm³/mol. The second-order valence-corrected chi connectivity index (χ2v) is 5.76. The molecular formula is C16H20FN5O2. The lowest BCUT2D eigenvalue weighted by Crippen LogP contribution is -2.44. The van der Waals surface area contributed by atoms with Gasteiger partial charge in [0.15, 0.2) is 5.82 Å². The molecule has 128 valence electrons. The number of carbonyl (C=O) groups is 1. The van der Waals surface area contributed by atoms with Gasteiger partial charge in [-0.25, -0.2) is 4.39 Å². The van der Waals surface area contributed by atoms with Crippen LogP contribution in [0, 0.1) is 5.82 Å². The summed E-state index contributed by atoms with van der Waals surface area (Å²) < 4.78 is 21.1. The molecule has 1 unspecified atom stereocenters. The van der Waals surface area contributed by atoms with Gasteiger partial charge in [0, 0.05) is 32.2 Å². The van der Waals surface area contributed by atoms with Crippen LogP contribution in [0.3, 0.4) is 0 Å². The van der Waals surface area contributed by atoms with Crippen LogP contribution in [0.2, 0.25) is 0 Å². The quantitative estimate of drug-likeness (QED) is 0.870. The minimum absolute atomic E-state index is 0.142. The maximum atomic E-state index is 13.6. The van der Waals surface area contributed by atoms with Gasteiger partial charge in [-0.3, -0.25) is 9.69 Å². The number of aryl methyl sites for hydroxylation is 1. The van der Waals surface area contributed by atoms with E-state index in [9.17, 15) is 9.18 Å². The molecule has 2 heterocycles. The second kappa shape index (κ2) is 7.50. The number of morpholine rings is 1. The van der Waals surface area contributed by atoms with Crippen LogP contribution in [0.5, 0.6) is 0 Å². The Labute approximate surface area is 139 Å². The summed E-state index contributed by atoms with van der Waals surface area (Å²) in [5.74, 6) is 0.287. The molecule has 1 aliphatic heterocycles. The largest absolute Gasteiger partial charge is 0.368 e. The highest BCUT2D eigenvalue weighted by Gasteiger charge is 2.26. The first-order valence-corrected chi connectivity index (χ1v) is 7.81. The van der Waals surface area contributed by atoms with E-state index in [1.54, 1.807) is 24.5 Å². The van der Waals surface area contributed by atoms with Gasteiger partial charge >= 0.3 is 0 Å². The topological polar surface area (TPSA) is 72.3 Å². The van der Waals surface area contributed by atoms with E-state index in [4.69, 9.17) is 4.74 Å². The van der Waals surface area contributed by atoms with Gasteiger partial charge in [0.2, 0.25) is 5.91 Å². The van der Waals surface area contributed by atoms with Crippen molar-refractivity contribution in [3.63, 3.8) is 0 Å². The number of carbonyl (C=O) groups excluding carboxylic acids is 1. The summed E-state index contributed by atoms with van der Waals surface area (Å²) in [7, 11) is 1.86. The fraction of sp³-hybridized carbons (Fsp3) is 0.438.